The maximum Gasteiger partial charge on any atom is 0.252 e. The summed E-state index contributed by atoms with van der Waals surface area (Å²) in [6.45, 7) is 2.44. The van der Waals surface area contributed by atoms with Crippen molar-refractivity contribution >= 4 is 21.4 Å². The van der Waals surface area contributed by atoms with E-state index < -0.39 is 22.7 Å². The molecule has 0 spiro atoms. The van der Waals surface area contributed by atoms with Crippen LogP contribution in [0, 0.1) is 6.92 Å². The van der Waals surface area contributed by atoms with Crippen LogP contribution in [0.15, 0.2) is 22.4 Å². The monoisotopic (exact) mass is 343 g/mol. The van der Waals surface area contributed by atoms with Crippen LogP contribution >= 0.6 is 11.3 Å². The van der Waals surface area contributed by atoms with Crippen molar-refractivity contribution in [2.24, 2.45) is 0 Å². The Morgan fingerprint density at radius 2 is 2.18 bits per heavy atom. The van der Waals surface area contributed by atoms with Gasteiger partial charge in [0.2, 0.25) is 0 Å². The van der Waals surface area contributed by atoms with Crippen molar-refractivity contribution in [2.75, 3.05) is 13.2 Å². The number of sulfonamides is 1. The van der Waals surface area contributed by atoms with Gasteiger partial charge in [0.1, 0.15) is 10.3 Å². The number of hydrogen-bond acceptors (Lipinski definition) is 6. The van der Waals surface area contributed by atoms with Crippen molar-refractivity contribution in [2.45, 2.75) is 30.3 Å². The minimum atomic E-state index is -3.50. The highest BCUT2D eigenvalue weighted by molar-refractivity contribution is 7.91. The molecule has 0 amide bonds. The van der Waals surface area contributed by atoms with E-state index in [1.54, 1.807) is 22.9 Å². The number of nitrogens with zero attached hydrogens (tertiary/aromatic N) is 3. The van der Waals surface area contributed by atoms with Gasteiger partial charge in [-0.15, -0.1) is 11.3 Å². The van der Waals surface area contributed by atoms with Crippen LogP contribution in [0.2, 0.25) is 0 Å². The second-order valence-corrected chi connectivity index (χ2v) is 8.64. The normalized spacial score (nSPS) is 17.4. The first-order valence-electron chi connectivity index (χ1n) is 6.84. The molecule has 2 aromatic heterocycles. The van der Waals surface area contributed by atoms with Gasteiger partial charge >= 0.3 is 0 Å². The molecule has 1 atom stereocenters. The molecule has 0 radical (unpaired) electrons. The predicted molar refractivity (Wildman–Crippen MR) is 80.9 cm³/mol. The largest absolute Gasteiger partial charge is 0.393 e. The Kier molecular flexibility index (Phi) is 4.08. The lowest BCUT2D eigenvalue weighted by Crippen LogP contribution is -2.38. The molecule has 2 aromatic rings. The molecule has 22 heavy (non-hydrogen) atoms. The van der Waals surface area contributed by atoms with Crippen molar-refractivity contribution in [1.29, 1.82) is 0 Å². The smallest absolute Gasteiger partial charge is 0.252 e. The first-order valence-corrected chi connectivity index (χ1v) is 9.09. The average molecular weight is 343 g/mol. The molecule has 2 N–H and O–H groups in total. The van der Waals surface area contributed by atoms with Crippen molar-refractivity contribution in [3.8, 4) is 0 Å². The molecular weight excluding hydrogens is 326 g/mol. The molecule has 0 aliphatic carbocycles. The number of aliphatic hydroxyl groups is 2. The number of hydrogen-bond donors (Lipinski definition) is 2. The van der Waals surface area contributed by atoms with Gasteiger partial charge in [0.25, 0.3) is 10.0 Å². The van der Waals surface area contributed by atoms with Gasteiger partial charge in [-0.1, -0.05) is 0 Å². The van der Waals surface area contributed by atoms with Crippen LogP contribution in [0.5, 0.6) is 0 Å². The van der Waals surface area contributed by atoms with Crippen molar-refractivity contribution in [1.82, 2.24) is 14.1 Å². The Balaban J connectivity index is 1.86. The zero-order valence-corrected chi connectivity index (χ0v) is 13.6. The van der Waals surface area contributed by atoms with Crippen LogP contribution in [0.3, 0.4) is 0 Å². The van der Waals surface area contributed by atoms with Crippen molar-refractivity contribution in [3.63, 3.8) is 0 Å². The van der Waals surface area contributed by atoms with E-state index in [-0.39, 0.29) is 6.54 Å². The minimum absolute atomic E-state index is 0.213. The van der Waals surface area contributed by atoms with Crippen molar-refractivity contribution in [3.05, 3.63) is 34.5 Å². The third kappa shape index (κ3) is 2.70. The third-order valence-corrected chi connectivity index (χ3v) is 6.92. The molecule has 3 rings (SSSR count). The summed E-state index contributed by atoms with van der Waals surface area (Å²) in [6, 6.07) is 5.06. The van der Waals surface area contributed by atoms with Crippen LogP contribution in [-0.2, 0) is 23.1 Å². The molecule has 0 aromatic carbocycles. The lowest BCUT2D eigenvalue weighted by atomic mass is 10.2. The Morgan fingerprint density at radius 3 is 2.82 bits per heavy atom. The Bertz CT molecular complexity index is 781. The Morgan fingerprint density at radius 1 is 1.41 bits per heavy atom. The number of aryl methyl sites for hydroxylation is 1. The summed E-state index contributed by atoms with van der Waals surface area (Å²) in [5.41, 5.74) is 1.08. The molecule has 1 unspecified atom stereocenters. The van der Waals surface area contributed by atoms with Crippen molar-refractivity contribution < 1.29 is 18.6 Å². The fraction of sp³-hybridized carbons (Fsp3) is 0.462. The third-order valence-electron chi connectivity index (χ3n) is 3.61. The topological polar surface area (TPSA) is 95.7 Å². The number of fused-ring (bicyclic) bond motifs is 1. The number of aromatic nitrogens is 2. The highest BCUT2D eigenvalue weighted by Crippen LogP contribution is 2.27. The van der Waals surface area contributed by atoms with Gasteiger partial charge in [0, 0.05) is 11.4 Å². The van der Waals surface area contributed by atoms with Crippen LogP contribution in [0.4, 0.5) is 0 Å². The van der Waals surface area contributed by atoms with Gasteiger partial charge in [-0.2, -0.15) is 9.40 Å². The summed E-state index contributed by atoms with van der Waals surface area (Å²) in [6.07, 6.45) is -1.04. The lowest BCUT2D eigenvalue weighted by Gasteiger charge is -2.26. The van der Waals surface area contributed by atoms with Gasteiger partial charge in [-0.25, -0.2) is 8.42 Å². The molecule has 1 aliphatic rings. The zero-order chi connectivity index (χ0) is 15.9. The van der Waals surface area contributed by atoms with Crippen LogP contribution in [0.1, 0.15) is 22.4 Å². The molecule has 120 valence electrons. The molecule has 0 fully saturated rings. The van der Waals surface area contributed by atoms with Gasteiger partial charge in [0.15, 0.2) is 0 Å². The summed E-state index contributed by atoms with van der Waals surface area (Å²) in [5.74, 6) is 0. The van der Waals surface area contributed by atoms with E-state index >= 15 is 0 Å². The van der Waals surface area contributed by atoms with Gasteiger partial charge < -0.3 is 10.2 Å². The first-order chi connectivity index (χ1) is 10.4. The number of rotatable bonds is 4. The second-order valence-electron chi connectivity index (χ2n) is 5.19. The zero-order valence-electron chi connectivity index (χ0n) is 12.0. The van der Waals surface area contributed by atoms with E-state index in [0.717, 1.165) is 4.88 Å². The molecule has 0 saturated heterocycles. The maximum absolute atomic E-state index is 12.6. The fourth-order valence-corrected chi connectivity index (χ4v) is 5.24. The minimum Gasteiger partial charge on any atom is -0.393 e. The lowest BCUT2D eigenvalue weighted by molar-refractivity contribution is 0.0916. The average Bonchev–Trinajstić information content (AvgIpc) is 3.11. The van der Waals surface area contributed by atoms with Crippen LogP contribution in [0.25, 0.3) is 0 Å². The van der Waals surface area contributed by atoms with Gasteiger partial charge in [-0.3, -0.25) is 4.68 Å². The maximum atomic E-state index is 12.6. The van der Waals surface area contributed by atoms with Crippen LogP contribution in [-0.4, -0.2) is 45.9 Å². The first kappa shape index (κ1) is 15.6. The SMILES string of the molecule is Cc1ccc(S(=O)(=O)N2CCn3nc(C(O)CO)cc3C2)s1. The standard InChI is InChI=1S/C13H17N3O4S2/c1-9-2-3-13(21-9)22(19,20)15-4-5-16-10(7-15)6-11(14-16)12(18)8-17/h2-3,6,12,17-18H,4-5,7-8H2,1H3. The molecule has 1 aliphatic heterocycles. The van der Waals surface area contributed by atoms with Gasteiger partial charge in [0.05, 0.1) is 31.1 Å². The molecule has 7 nitrogen and oxygen atoms in total. The van der Waals surface area contributed by atoms with Crippen LogP contribution < -0.4 is 0 Å². The molecule has 9 heteroatoms. The number of aliphatic hydroxyl groups excluding tert-OH is 2. The summed E-state index contributed by atoms with van der Waals surface area (Å²) < 4.78 is 28.7. The van der Waals surface area contributed by atoms with E-state index in [2.05, 4.69) is 5.10 Å². The Hall–Kier alpha value is -1.26. The van der Waals surface area contributed by atoms with E-state index in [9.17, 15) is 13.5 Å². The summed E-state index contributed by atoms with van der Waals surface area (Å²) in [7, 11) is -3.50. The highest BCUT2D eigenvalue weighted by atomic mass is 32.2. The summed E-state index contributed by atoms with van der Waals surface area (Å²) >= 11 is 1.26. The summed E-state index contributed by atoms with van der Waals surface area (Å²) in [5, 5.41) is 22.8. The van der Waals surface area contributed by atoms with E-state index in [4.69, 9.17) is 5.11 Å². The molecule has 3 heterocycles. The summed E-state index contributed by atoms with van der Waals surface area (Å²) in [4.78, 5) is 0.953. The molecule has 0 bridgehead atoms. The van der Waals surface area contributed by atoms with E-state index in [0.29, 0.717) is 28.7 Å². The van der Waals surface area contributed by atoms with E-state index in [1.165, 1.54) is 15.6 Å². The molecular formula is C13H17N3O4S2. The second kappa shape index (κ2) is 5.74. The van der Waals surface area contributed by atoms with Gasteiger partial charge in [-0.05, 0) is 25.1 Å². The Labute approximate surface area is 132 Å². The quantitative estimate of drug-likeness (QED) is 0.842. The highest BCUT2D eigenvalue weighted by Gasteiger charge is 2.30. The number of thiophene rings is 1. The predicted octanol–water partition coefficient (Wildman–Crippen LogP) is 0.483. The van der Waals surface area contributed by atoms with E-state index in [1.807, 2.05) is 6.92 Å². The molecule has 0 saturated carbocycles. The fourth-order valence-electron chi connectivity index (χ4n) is 2.40.